The van der Waals surface area contributed by atoms with Crippen molar-refractivity contribution in [2.24, 2.45) is 11.7 Å². The lowest BCUT2D eigenvalue weighted by Gasteiger charge is -2.25. The highest BCUT2D eigenvalue weighted by atomic mass is 16.7. The van der Waals surface area contributed by atoms with E-state index < -0.39 is 41.0 Å². The number of nitrogens with two attached hydrogens (primary N) is 1. The van der Waals surface area contributed by atoms with Crippen LogP contribution in [0.3, 0.4) is 0 Å². The lowest BCUT2D eigenvalue weighted by Crippen LogP contribution is -2.54. The highest BCUT2D eigenvalue weighted by Crippen LogP contribution is 2.19. The molecule has 1 aliphatic heterocycles. The molecule has 0 unspecified atom stereocenters. The van der Waals surface area contributed by atoms with Gasteiger partial charge in [0.2, 0.25) is 29.5 Å². The number of urea groups is 1. The summed E-state index contributed by atoms with van der Waals surface area (Å²) in [4.78, 5) is 97.7. The van der Waals surface area contributed by atoms with Crippen molar-refractivity contribution in [3.63, 3.8) is 0 Å². The number of hydrogen-bond acceptors (Lipinski definition) is 11. The van der Waals surface area contributed by atoms with E-state index in [1.54, 1.807) is 38.1 Å². The van der Waals surface area contributed by atoms with Gasteiger partial charge in [0.25, 0.3) is 5.69 Å². The zero-order chi connectivity index (χ0) is 38.9. The molecule has 0 radical (unpaired) electrons. The summed E-state index contributed by atoms with van der Waals surface area (Å²) < 4.78 is 10.1. The standard InChI is InChI=1S/C35H45N7O11/c1-22(2)31(40-28(43)8-4-3-5-20-41-29(44)17-18-30(41)45)33(47)39-27(7-6-19-37-34(36)48)32(46)38-24-11-9-23(10-12-24)21-52-35(49)53-26-15-13-25(14-16-26)42(50)51/h9-16,22,27,31H,3-8,17-21H2,1-2H3,(H,38,46)(H,39,47)(H,40,43)(H3,36,37,48)/t27-,31+/m0/s1. The quantitative estimate of drug-likeness (QED) is 0.0329. The molecule has 3 rings (SSSR count). The number of nitrogens with zero attached hydrogens (tertiary/aromatic N) is 2. The Bertz CT molecular complexity index is 1620. The predicted octanol–water partition coefficient (Wildman–Crippen LogP) is 3.03. The van der Waals surface area contributed by atoms with Crippen LogP contribution in [-0.2, 0) is 35.3 Å². The van der Waals surface area contributed by atoms with Gasteiger partial charge in [-0.3, -0.25) is 39.0 Å². The monoisotopic (exact) mass is 739 g/mol. The summed E-state index contributed by atoms with van der Waals surface area (Å²) in [5.74, 6) is -2.12. The van der Waals surface area contributed by atoms with E-state index in [4.69, 9.17) is 15.2 Å². The van der Waals surface area contributed by atoms with E-state index in [9.17, 15) is 43.7 Å². The molecule has 1 aliphatic rings. The highest BCUT2D eigenvalue weighted by molar-refractivity contribution is 6.02. The summed E-state index contributed by atoms with van der Waals surface area (Å²) in [7, 11) is 0. The van der Waals surface area contributed by atoms with Crippen LogP contribution < -0.4 is 31.7 Å². The molecule has 2 aromatic rings. The van der Waals surface area contributed by atoms with E-state index in [1.165, 1.54) is 29.2 Å². The number of nitro benzene ring substituents is 1. The minimum atomic E-state index is -1.05. The zero-order valence-electron chi connectivity index (χ0n) is 29.6. The van der Waals surface area contributed by atoms with Gasteiger partial charge in [-0.25, -0.2) is 9.59 Å². The molecule has 2 atom stereocenters. The molecule has 286 valence electrons. The van der Waals surface area contributed by atoms with Crippen molar-refractivity contribution in [1.29, 1.82) is 0 Å². The molecule has 18 nitrogen and oxygen atoms in total. The van der Waals surface area contributed by atoms with Crippen LogP contribution in [0.1, 0.15) is 70.8 Å². The fourth-order valence-electron chi connectivity index (χ4n) is 5.25. The van der Waals surface area contributed by atoms with Crippen LogP contribution in [0, 0.1) is 16.0 Å². The lowest BCUT2D eigenvalue weighted by molar-refractivity contribution is -0.384. The molecular weight excluding hydrogens is 694 g/mol. The fourth-order valence-corrected chi connectivity index (χ4v) is 5.25. The number of nitro groups is 1. The van der Waals surface area contributed by atoms with Crippen molar-refractivity contribution < 1.29 is 48.0 Å². The molecule has 0 saturated carbocycles. The summed E-state index contributed by atoms with van der Waals surface area (Å²) in [5, 5.41) is 21.4. The molecule has 1 heterocycles. The van der Waals surface area contributed by atoms with E-state index >= 15 is 0 Å². The Balaban J connectivity index is 1.52. The van der Waals surface area contributed by atoms with Gasteiger partial charge in [-0.05, 0) is 61.4 Å². The van der Waals surface area contributed by atoms with Crippen LogP contribution in [0.25, 0.3) is 0 Å². The van der Waals surface area contributed by atoms with E-state index in [2.05, 4.69) is 21.3 Å². The average Bonchev–Trinajstić information content (AvgIpc) is 3.43. The van der Waals surface area contributed by atoms with Gasteiger partial charge in [0, 0.05) is 50.2 Å². The first-order valence-electron chi connectivity index (χ1n) is 17.2. The van der Waals surface area contributed by atoms with Crippen molar-refractivity contribution in [1.82, 2.24) is 20.9 Å². The average molecular weight is 740 g/mol. The number of likely N-dealkylation sites (tertiary alicyclic amines) is 1. The van der Waals surface area contributed by atoms with Gasteiger partial charge in [0.05, 0.1) is 4.92 Å². The Morgan fingerprint density at radius 1 is 0.887 bits per heavy atom. The fraction of sp³-hybridized carbons (Fsp3) is 0.457. The van der Waals surface area contributed by atoms with Gasteiger partial charge in [-0.2, -0.15) is 0 Å². The third kappa shape index (κ3) is 14.2. The van der Waals surface area contributed by atoms with E-state index in [-0.39, 0.29) is 73.9 Å². The molecule has 1 fully saturated rings. The first kappa shape index (κ1) is 41.4. The van der Waals surface area contributed by atoms with Crippen molar-refractivity contribution >= 4 is 53.1 Å². The van der Waals surface area contributed by atoms with E-state index in [0.717, 1.165) is 0 Å². The summed E-state index contributed by atoms with van der Waals surface area (Å²) >= 11 is 0. The number of nitrogens with one attached hydrogen (secondary N) is 4. The number of primary amides is 1. The Kier molecular flexibility index (Phi) is 16.1. The third-order valence-corrected chi connectivity index (χ3v) is 8.13. The number of carbonyl (C=O) groups excluding carboxylic acids is 7. The van der Waals surface area contributed by atoms with Gasteiger partial charge < -0.3 is 36.5 Å². The van der Waals surface area contributed by atoms with Crippen LogP contribution in [0.5, 0.6) is 5.75 Å². The normalized spacial score (nSPS) is 13.5. The second kappa shape index (κ2) is 20.7. The molecule has 6 N–H and O–H groups in total. The number of hydrogen-bond donors (Lipinski definition) is 5. The minimum Gasteiger partial charge on any atom is -0.429 e. The number of carbonyl (C=O) groups is 7. The molecule has 7 amide bonds. The molecule has 2 aromatic carbocycles. The second-order valence-electron chi connectivity index (χ2n) is 12.6. The molecule has 53 heavy (non-hydrogen) atoms. The Morgan fingerprint density at radius 3 is 2.15 bits per heavy atom. The van der Waals surface area contributed by atoms with E-state index in [1.807, 2.05) is 0 Å². The summed E-state index contributed by atoms with van der Waals surface area (Å²) in [5.41, 5.74) is 5.90. The molecule has 0 aromatic heterocycles. The lowest BCUT2D eigenvalue weighted by atomic mass is 10.0. The van der Waals surface area contributed by atoms with Crippen molar-refractivity contribution in [2.45, 2.75) is 83.9 Å². The van der Waals surface area contributed by atoms with Crippen LogP contribution in [0.4, 0.5) is 21.0 Å². The minimum absolute atomic E-state index is 0.0624. The second-order valence-corrected chi connectivity index (χ2v) is 12.6. The highest BCUT2D eigenvalue weighted by Gasteiger charge is 2.30. The topological polar surface area (TPSA) is 258 Å². The number of amides is 7. The Hall–Kier alpha value is -6.07. The maximum absolute atomic E-state index is 13.4. The SMILES string of the molecule is CC(C)[C@@H](NC(=O)CCCCCN1C(=O)CCC1=O)C(=O)N[C@@H](CCCNC(N)=O)C(=O)Nc1ccc(COC(=O)Oc2ccc([N+](=O)[O-])cc2)cc1. The molecule has 1 saturated heterocycles. The van der Waals surface area contributed by atoms with Gasteiger partial charge in [-0.1, -0.05) is 32.4 Å². The number of unbranched alkanes of at least 4 members (excludes halogenated alkanes) is 2. The zero-order valence-corrected chi connectivity index (χ0v) is 29.6. The predicted molar refractivity (Wildman–Crippen MR) is 189 cm³/mol. The van der Waals surface area contributed by atoms with Crippen molar-refractivity contribution in [3.8, 4) is 5.75 Å². The number of rotatable bonds is 20. The molecule has 0 aliphatic carbocycles. The smallest absolute Gasteiger partial charge is 0.429 e. The number of ether oxygens (including phenoxy) is 2. The molecule has 18 heteroatoms. The third-order valence-electron chi connectivity index (χ3n) is 8.13. The van der Waals surface area contributed by atoms with Crippen LogP contribution in [0.2, 0.25) is 0 Å². The summed E-state index contributed by atoms with van der Waals surface area (Å²) in [6, 6.07) is 8.45. The number of non-ortho nitro benzene ring substituents is 1. The van der Waals surface area contributed by atoms with Gasteiger partial charge in [-0.15, -0.1) is 0 Å². The summed E-state index contributed by atoms with van der Waals surface area (Å²) in [6.07, 6.45) is 1.64. The van der Waals surface area contributed by atoms with Crippen LogP contribution in [-0.4, -0.2) is 76.7 Å². The van der Waals surface area contributed by atoms with Crippen molar-refractivity contribution in [3.05, 3.63) is 64.2 Å². The number of anilines is 1. The van der Waals surface area contributed by atoms with E-state index in [0.29, 0.717) is 43.5 Å². The first-order chi connectivity index (χ1) is 25.2. The molecule has 0 bridgehead atoms. The maximum Gasteiger partial charge on any atom is 0.514 e. The first-order valence-corrected chi connectivity index (χ1v) is 17.2. The number of benzene rings is 2. The van der Waals surface area contributed by atoms with Gasteiger partial charge in [0.1, 0.15) is 24.4 Å². The number of imide groups is 1. The van der Waals surface area contributed by atoms with Gasteiger partial charge in [0.15, 0.2) is 0 Å². The largest absolute Gasteiger partial charge is 0.514 e. The summed E-state index contributed by atoms with van der Waals surface area (Å²) in [6.45, 7) is 3.80. The van der Waals surface area contributed by atoms with Crippen LogP contribution in [0.15, 0.2) is 48.5 Å². The molecule has 0 spiro atoms. The Labute approximate surface area is 305 Å². The van der Waals surface area contributed by atoms with Gasteiger partial charge >= 0.3 is 12.2 Å². The van der Waals surface area contributed by atoms with Crippen molar-refractivity contribution in [2.75, 3.05) is 18.4 Å². The maximum atomic E-state index is 13.4. The van der Waals surface area contributed by atoms with Crippen LogP contribution >= 0.6 is 0 Å². The Morgan fingerprint density at radius 2 is 1.55 bits per heavy atom. The molecular formula is C35H45N7O11.